The van der Waals surface area contributed by atoms with Gasteiger partial charge in [-0.25, -0.2) is 0 Å². The summed E-state index contributed by atoms with van der Waals surface area (Å²) in [6, 6.07) is 10.2. The second-order valence-corrected chi connectivity index (χ2v) is 7.90. The lowest BCUT2D eigenvalue weighted by molar-refractivity contribution is -0.142. The summed E-state index contributed by atoms with van der Waals surface area (Å²) in [6.45, 7) is 5.60. The summed E-state index contributed by atoms with van der Waals surface area (Å²) in [5.41, 5.74) is 0.490. The van der Waals surface area contributed by atoms with Gasteiger partial charge in [-0.15, -0.1) is 0 Å². The van der Waals surface area contributed by atoms with Crippen molar-refractivity contribution in [3.8, 4) is 11.5 Å². The van der Waals surface area contributed by atoms with Crippen LogP contribution < -0.4 is 14.4 Å². The smallest absolute Gasteiger partial charge is 0.416 e. The van der Waals surface area contributed by atoms with Gasteiger partial charge < -0.3 is 24.0 Å². The second kappa shape index (κ2) is 11.8. The number of carbonyl (C=O) groups excluding carboxylic acids is 2. The molecule has 0 aliphatic carbocycles. The molecule has 1 amide bonds. The minimum absolute atomic E-state index is 0.100. The van der Waals surface area contributed by atoms with Crippen molar-refractivity contribution in [2.45, 2.75) is 26.4 Å². The lowest BCUT2D eigenvalue weighted by atomic mass is 10.1. The third-order valence-electron chi connectivity index (χ3n) is 5.48. The molecule has 2 aromatic rings. The lowest BCUT2D eigenvalue weighted by Crippen LogP contribution is -2.50. The Morgan fingerprint density at radius 1 is 0.914 bits per heavy atom. The molecule has 190 valence electrons. The van der Waals surface area contributed by atoms with Gasteiger partial charge in [0.2, 0.25) is 0 Å². The highest BCUT2D eigenvalue weighted by Gasteiger charge is 2.31. The standard InChI is InChI=1S/C25H29F3N2O5/c1-3-33-22-14-18(15-24(32)34-4-2)8-9-21(22)35-17-23(31)30-12-10-29(11-13-30)20-7-5-6-19(16-20)25(26,27)28/h5-9,14,16H,3-4,10-13,15,17H2,1-2H3. The van der Waals surface area contributed by atoms with Crippen LogP contribution in [0.1, 0.15) is 25.0 Å². The molecule has 0 radical (unpaired) electrons. The maximum Gasteiger partial charge on any atom is 0.416 e. The number of esters is 1. The van der Waals surface area contributed by atoms with Crippen LogP contribution in [-0.2, 0) is 26.9 Å². The summed E-state index contributed by atoms with van der Waals surface area (Å²) < 4.78 is 55.3. The molecule has 0 N–H and O–H groups in total. The molecule has 0 bridgehead atoms. The van der Waals surface area contributed by atoms with Crippen molar-refractivity contribution in [2.75, 3.05) is 50.9 Å². The summed E-state index contributed by atoms with van der Waals surface area (Å²) in [6.07, 6.45) is -4.30. The molecule has 0 spiro atoms. The maximum absolute atomic E-state index is 13.0. The molecule has 3 rings (SSSR count). The number of benzene rings is 2. The van der Waals surface area contributed by atoms with Gasteiger partial charge in [-0.2, -0.15) is 13.2 Å². The molecule has 1 aliphatic rings. The molecule has 0 saturated carbocycles. The molecule has 1 fully saturated rings. The van der Waals surface area contributed by atoms with Crippen molar-refractivity contribution in [3.63, 3.8) is 0 Å². The first-order chi connectivity index (χ1) is 16.7. The number of anilines is 1. The number of nitrogens with zero attached hydrogens (tertiary/aromatic N) is 2. The van der Waals surface area contributed by atoms with Crippen molar-refractivity contribution >= 4 is 17.6 Å². The van der Waals surface area contributed by atoms with Crippen LogP contribution in [0.2, 0.25) is 0 Å². The van der Waals surface area contributed by atoms with E-state index in [0.29, 0.717) is 62.1 Å². The normalized spacial score (nSPS) is 14.0. The van der Waals surface area contributed by atoms with Gasteiger partial charge in [0.1, 0.15) is 0 Å². The quantitative estimate of drug-likeness (QED) is 0.492. The van der Waals surface area contributed by atoms with Crippen molar-refractivity contribution < 1.29 is 37.0 Å². The van der Waals surface area contributed by atoms with Crippen LogP contribution in [0.5, 0.6) is 11.5 Å². The topological polar surface area (TPSA) is 68.3 Å². The van der Waals surface area contributed by atoms with E-state index in [9.17, 15) is 22.8 Å². The highest BCUT2D eigenvalue weighted by atomic mass is 19.4. The van der Waals surface area contributed by atoms with Crippen molar-refractivity contribution in [1.82, 2.24) is 4.90 Å². The van der Waals surface area contributed by atoms with E-state index < -0.39 is 11.7 Å². The van der Waals surface area contributed by atoms with Crippen LogP contribution in [-0.4, -0.2) is 62.8 Å². The van der Waals surface area contributed by atoms with Crippen molar-refractivity contribution in [3.05, 3.63) is 53.6 Å². The number of hydrogen-bond donors (Lipinski definition) is 0. The van der Waals surface area contributed by atoms with Crippen LogP contribution in [0, 0.1) is 0 Å². The van der Waals surface area contributed by atoms with E-state index >= 15 is 0 Å². The first-order valence-electron chi connectivity index (χ1n) is 11.4. The van der Waals surface area contributed by atoms with Gasteiger partial charge in [0, 0.05) is 31.9 Å². The van der Waals surface area contributed by atoms with Crippen LogP contribution in [0.25, 0.3) is 0 Å². The fourth-order valence-electron chi connectivity index (χ4n) is 3.75. The molecule has 2 aromatic carbocycles. The Labute approximate surface area is 202 Å². The Bertz CT molecular complexity index is 1020. The monoisotopic (exact) mass is 494 g/mol. The van der Waals surface area contributed by atoms with E-state index in [1.807, 2.05) is 11.8 Å². The summed E-state index contributed by atoms with van der Waals surface area (Å²) in [7, 11) is 0. The number of halogens is 3. The molecular weight excluding hydrogens is 465 g/mol. The maximum atomic E-state index is 13.0. The molecular formula is C25H29F3N2O5. The minimum Gasteiger partial charge on any atom is -0.490 e. The van der Waals surface area contributed by atoms with E-state index in [0.717, 1.165) is 12.1 Å². The van der Waals surface area contributed by atoms with Gasteiger partial charge in [-0.05, 0) is 49.7 Å². The van der Waals surface area contributed by atoms with E-state index in [2.05, 4.69) is 0 Å². The van der Waals surface area contributed by atoms with Gasteiger partial charge in [-0.3, -0.25) is 9.59 Å². The highest BCUT2D eigenvalue weighted by molar-refractivity contribution is 5.78. The number of alkyl halides is 3. The zero-order valence-corrected chi connectivity index (χ0v) is 19.8. The number of amides is 1. The van der Waals surface area contributed by atoms with Crippen LogP contribution >= 0.6 is 0 Å². The predicted molar refractivity (Wildman–Crippen MR) is 124 cm³/mol. The number of carbonyl (C=O) groups is 2. The predicted octanol–water partition coefficient (Wildman–Crippen LogP) is 3.94. The molecule has 7 nitrogen and oxygen atoms in total. The molecule has 35 heavy (non-hydrogen) atoms. The Hall–Kier alpha value is -3.43. The fourth-order valence-corrected chi connectivity index (χ4v) is 3.75. The molecule has 0 atom stereocenters. The van der Waals surface area contributed by atoms with Gasteiger partial charge in [0.05, 0.1) is 25.2 Å². The number of rotatable bonds is 9. The summed E-state index contributed by atoms with van der Waals surface area (Å²) in [4.78, 5) is 27.9. The Kier molecular flexibility index (Phi) is 8.84. The Morgan fingerprint density at radius 3 is 2.31 bits per heavy atom. The van der Waals surface area contributed by atoms with Gasteiger partial charge >= 0.3 is 12.1 Å². The molecule has 0 aromatic heterocycles. The Balaban J connectivity index is 1.55. The summed E-state index contributed by atoms with van der Waals surface area (Å²) >= 11 is 0. The van der Waals surface area contributed by atoms with Crippen LogP contribution in [0.15, 0.2) is 42.5 Å². The molecule has 0 unspecified atom stereocenters. The second-order valence-electron chi connectivity index (χ2n) is 7.90. The van der Waals surface area contributed by atoms with Crippen molar-refractivity contribution in [1.29, 1.82) is 0 Å². The number of ether oxygens (including phenoxy) is 3. The van der Waals surface area contributed by atoms with E-state index in [4.69, 9.17) is 14.2 Å². The first kappa shape index (κ1) is 26.2. The summed E-state index contributed by atoms with van der Waals surface area (Å²) in [5, 5.41) is 0. The van der Waals surface area contributed by atoms with E-state index in [-0.39, 0.29) is 24.9 Å². The summed E-state index contributed by atoms with van der Waals surface area (Å²) in [5.74, 6) is 0.238. The molecule has 1 aliphatic heterocycles. The first-order valence-corrected chi connectivity index (χ1v) is 11.4. The molecule has 10 heteroatoms. The average Bonchev–Trinajstić information content (AvgIpc) is 2.83. The van der Waals surface area contributed by atoms with Crippen molar-refractivity contribution in [2.24, 2.45) is 0 Å². The largest absolute Gasteiger partial charge is 0.490 e. The van der Waals surface area contributed by atoms with Crippen LogP contribution in [0.4, 0.5) is 18.9 Å². The van der Waals surface area contributed by atoms with Crippen LogP contribution in [0.3, 0.4) is 0 Å². The number of hydrogen-bond acceptors (Lipinski definition) is 6. The average molecular weight is 495 g/mol. The van der Waals surface area contributed by atoms with Gasteiger partial charge in [0.25, 0.3) is 5.91 Å². The zero-order chi connectivity index (χ0) is 25.4. The van der Waals surface area contributed by atoms with Gasteiger partial charge in [-0.1, -0.05) is 12.1 Å². The Morgan fingerprint density at radius 2 is 1.66 bits per heavy atom. The zero-order valence-electron chi connectivity index (χ0n) is 19.8. The SMILES string of the molecule is CCOC(=O)Cc1ccc(OCC(=O)N2CCN(c3cccc(C(F)(F)F)c3)CC2)c(OCC)c1. The fraction of sp³-hybridized carbons (Fsp3) is 0.440. The van der Waals surface area contributed by atoms with E-state index in [1.165, 1.54) is 6.07 Å². The molecule has 1 saturated heterocycles. The highest BCUT2D eigenvalue weighted by Crippen LogP contribution is 2.32. The third kappa shape index (κ3) is 7.27. The molecule has 1 heterocycles. The minimum atomic E-state index is -4.40. The third-order valence-corrected chi connectivity index (χ3v) is 5.48. The van der Waals surface area contributed by atoms with Gasteiger partial charge in [0.15, 0.2) is 18.1 Å². The van der Waals surface area contributed by atoms with E-state index in [1.54, 1.807) is 36.1 Å². The number of piperazine rings is 1. The lowest BCUT2D eigenvalue weighted by Gasteiger charge is -2.36.